The van der Waals surface area contributed by atoms with E-state index in [-0.39, 0.29) is 21.3 Å². The van der Waals surface area contributed by atoms with Crippen molar-refractivity contribution in [1.82, 2.24) is 0 Å². The number of methoxy groups -OCH3 is 1. The highest BCUT2D eigenvalue weighted by molar-refractivity contribution is 7.92. The number of ether oxygens (including phenoxy) is 1. The number of carbonyl (C=O) groups excluding carboxylic acids is 1. The summed E-state index contributed by atoms with van der Waals surface area (Å²) < 4.78 is 31.8. The maximum absolute atomic E-state index is 13.2. The van der Waals surface area contributed by atoms with Crippen LogP contribution in [-0.4, -0.2) is 33.0 Å². The van der Waals surface area contributed by atoms with Gasteiger partial charge in [-0.2, -0.15) is 0 Å². The SMILES string of the molecule is COC(=O)CN(c1cc(Cl)ccc1C)S(=O)(=O)c1ccc(C)c([N+](=O)[O-])c1. The van der Waals surface area contributed by atoms with Crippen molar-refractivity contribution < 1.29 is 22.9 Å². The van der Waals surface area contributed by atoms with E-state index in [1.165, 1.54) is 25.1 Å². The first-order valence-corrected chi connectivity index (χ1v) is 9.50. The summed E-state index contributed by atoms with van der Waals surface area (Å²) in [4.78, 5) is 22.0. The molecule has 27 heavy (non-hydrogen) atoms. The van der Waals surface area contributed by atoms with Gasteiger partial charge >= 0.3 is 5.97 Å². The number of benzene rings is 2. The fourth-order valence-corrected chi connectivity index (χ4v) is 4.06. The van der Waals surface area contributed by atoms with E-state index in [2.05, 4.69) is 4.74 Å². The van der Waals surface area contributed by atoms with E-state index in [0.29, 0.717) is 11.1 Å². The maximum Gasteiger partial charge on any atom is 0.326 e. The second-order valence-corrected chi connectivity index (χ2v) is 8.02. The third-order valence-electron chi connectivity index (χ3n) is 3.91. The van der Waals surface area contributed by atoms with Crippen LogP contribution in [0.4, 0.5) is 11.4 Å². The van der Waals surface area contributed by atoms with Crippen LogP contribution in [0.25, 0.3) is 0 Å². The molecule has 0 aliphatic rings. The molecule has 0 heterocycles. The lowest BCUT2D eigenvalue weighted by Gasteiger charge is -2.25. The molecular formula is C17H17ClN2O6S. The van der Waals surface area contributed by atoms with Crippen molar-refractivity contribution in [2.24, 2.45) is 0 Å². The molecule has 0 aliphatic carbocycles. The smallest absolute Gasteiger partial charge is 0.326 e. The molecule has 0 saturated carbocycles. The average molecular weight is 413 g/mol. The van der Waals surface area contributed by atoms with E-state index in [4.69, 9.17) is 11.6 Å². The Bertz CT molecular complexity index is 1010. The topological polar surface area (TPSA) is 107 Å². The van der Waals surface area contributed by atoms with Crippen LogP contribution < -0.4 is 4.31 Å². The van der Waals surface area contributed by atoms with E-state index in [1.807, 2.05) is 0 Å². The predicted molar refractivity (Wildman–Crippen MR) is 101 cm³/mol. The zero-order chi connectivity index (χ0) is 20.4. The Morgan fingerprint density at radius 3 is 2.41 bits per heavy atom. The third kappa shape index (κ3) is 4.37. The van der Waals surface area contributed by atoms with Crippen molar-refractivity contribution in [3.63, 3.8) is 0 Å². The number of rotatable bonds is 6. The minimum absolute atomic E-state index is 0.177. The number of halogens is 1. The summed E-state index contributed by atoms with van der Waals surface area (Å²) in [5.74, 6) is -0.792. The molecule has 0 spiro atoms. The first-order valence-electron chi connectivity index (χ1n) is 7.68. The van der Waals surface area contributed by atoms with Crippen LogP contribution in [0.3, 0.4) is 0 Å². The van der Waals surface area contributed by atoms with Gasteiger partial charge in [-0.1, -0.05) is 23.7 Å². The zero-order valence-corrected chi connectivity index (χ0v) is 16.4. The van der Waals surface area contributed by atoms with Gasteiger partial charge in [-0.25, -0.2) is 8.42 Å². The summed E-state index contributed by atoms with van der Waals surface area (Å²) in [7, 11) is -3.17. The fraction of sp³-hybridized carbons (Fsp3) is 0.235. The minimum Gasteiger partial charge on any atom is -0.468 e. The number of nitrogens with zero attached hydrogens (tertiary/aromatic N) is 2. The lowest BCUT2D eigenvalue weighted by Crippen LogP contribution is -2.36. The van der Waals surface area contributed by atoms with Crippen LogP contribution in [0, 0.1) is 24.0 Å². The van der Waals surface area contributed by atoms with Crippen LogP contribution in [0.5, 0.6) is 0 Å². The Morgan fingerprint density at radius 2 is 1.81 bits per heavy atom. The van der Waals surface area contributed by atoms with Crippen molar-refractivity contribution in [3.8, 4) is 0 Å². The van der Waals surface area contributed by atoms with Crippen molar-refractivity contribution in [1.29, 1.82) is 0 Å². The molecule has 0 unspecified atom stereocenters. The van der Waals surface area contributed by atoms with Gasteiger partial charge in [-0.05, 0) is 37.6 Å². The van der Waals surface area contributed by atoms with Gasteiger partial charge in [-0.3, -0.25) is 19.2 Å². The van der Waals surface area contributed by atoms with Gasteiger partial charge in [0.2, 0.25) is 0 Å². The van der Waals surface area contributed by atoms with E-state index in [1.54, 1.807) is 19.1 Å². The van der Waals surface area contributed by atoms with Crippen molar-refractivity contribution >= 4 is 39.0 Å². The number of esters is 1. The lowest BCUT2D eigenvalue weighted by molar-refractivity contribution is -0.385. The number of nitro benzene ring substituents is 1. The Kier molecular flexibility index (Phi) is 6.07. The third-order valence-corrected chi connectivity index (χ3v) is 5.90. The van der Waals surface area contributed by atoms with Crippen LogP contribution >= 0.6 is 11.6 Å². The molecule has 0 atom stereocenters. The molecule has 0 aliphatic heterocycles. The first kappa shape index (κ1) is 20.7. The van der Waals surface area contributed by atoms with Gasteiger partial charge in [0.25, 0.3) is 15.7 Å². The lowest BCUT2D eigenvalue weighted by atomic mass is 10.2. The van der Waals surface area contributed by atoms with Gasteiger partial charge in [0.05, 0.1) is 22.6 Å². The van der Waals surface area contributed by atoms with Crippen molar-refractivity contribution in [2.45, 2.75) is 18.7 Å². The van der Waals surface area contributed by atoms with E-state index < -0.39 is 27.5 Å². The summed E-state index contributed by atoms with van der Waals surface area (Å²) in [6, 6.07) is 8.15. The summed E-state index contributed by atoms with van der Waals surface area (Å²) in [5.41, 5.74) is 0.707. The van der Waals surface area contributed by atoms with E-state index >= 15 is 0 Å². The van der Waals surface area contributed by atoms with Crippen molar-refractivity contribution in [3.05, 3.63) is 62.7 Å². The highest BCUT2D eigenvalue weighted by Gasteiger charge is 2.30. The number of sulfonamides is 1. The number of hydrogen-bond acceptors (Lipinski definition) is 6. The average Bonchev–Trinajstić information content (AvgIpc) is 2.61. The Balaban J connectivity index is 2.67. The number of nitro groups is 1. The molecule has 10 heteroatoms. The molecule has 8 nitrogen and oxygen atoms in total. The molecule has 2 aromatic carbocycles. The quantitative estimate of drug-likeness (QED) is 0.409. The van der Waals surface area contributed by atoms with Gasteiger partial charge in [0, 0.05) is 16.7 Å². The standard InChI is InChI=1S/C17H17ClN2O6S/c1-11-4-6-13(18)8-15(11)19(10-17(21)26-3)27(24,25)14-7-5-12(2)16(9-14)20(22)23/h4-9H,10H2,1-3H3. The van der Waals surface area contributed by atoms with Crippen LogP contribution in [0.2, 0.25) is 5.02 Å². The number of hydrogen-bond donors (Lipinski definition) is 0. The van der Waals surface area contributed by atoms with Crippen LogP contribution in [0.1, 0.15) is 11.1 Å². The normalized spacial score (nSPS) is 11.1. The zero-order valence-electron chi connectivity index (χ0n) is 14.8. The molecule has 0 fully saturated rings. The first-order chi connectivity index (χ1) is 12.6. The highest BCUT2D eigenvalue weighted by Crippen LogP contribution is 2.31. The Labute approximate surface area is 161 Å². The second kappa shape index (κ2) is 7.93. The monoisotopic (exact) mass is 412 g/mol. The maximum atomic E-state index is 13.2. The molecule has 0 saturated heterocycles. The highest BCUT2D eigenvalue weighted by atomic mass is 35.5. The Hall–Kier alpha value is -2.65. The van der Waals surface area contributed by atoms with Crippen LogP contribution in [0.15, 0.2) is 41.3 Å². The molecule has 144 valence electrons. The van der Waals surface area contributed by atoms with Gasteiger partial charge in [-0.15, -0.1) is 0 Å². The van der Waals surface area contributed by atoms with Gasteiger partial charge in [0.15, 0.2) is 0 Å². The Morgan fingerprint density at radius 1 is 1.19 bits per heavy atom. The van der Waals surface area contributed by atoms with Gasteiger partial charge < -0.3 is 4.74 Å². The number of anilines is 1. The molecule has 2 aromatic rings. The number of aryl methyl sites for hydroxylation is 2. The fourth-order valence-electron chi connectivity index (χ4n) is 2.41. The van der Waals surface area contributed by atoms with E-state index in [0.717, 1.165) is 17.5 Å². The molecule has 0 bridgehead atoms. The van der Waals surface area contributed by atoms with Crippen LogP contribution in [-0.2, 0) is 19.6 Å². The van der Waals surface area contributed by atoms with Crippen molar-refractivity contribution in [2.75, 3.05) is 18.0 Å². The summed E-state index contributed by atoms with van der Waals surface area (Å²) in [6.07, 6.45) is 0. The van der Waals surface area contributed by atoms with Gasteiger partial charge in [0.1, 0.15) is 6.54 Å². The summed E-state index contributed by atoms with van der Waals surface area (Å²) in [5, 5.41) is 11.4. The molecular weight excluding hydrogens is 396 g/mol. The summed E-state index contributed by atoms with van der Waals surface area (Å²) >= 11 is 5.99. The predicted octanol–water partition coefficient (Wildman–Crippen LogP) is 3.23. The summed E-state index contributed by atoms with van der Waals surface area (Å²) in [6.45, 7) is 2.55. The molecule has 0 aromatic heterocycles. The number of carbonyl (C=O) groups is 1. The van der Waals surface area contributed by atoms with E-state index in [9.17, 15) is 23.3 Å². The minimum atomic E-state index is -4.30. The second-order valence-electron chi connectivity index (χ2n) is 5.72. The molecule has 0 N–H and O–H groups in total. The largest absolute Gasteiger partial charge is 0.468 e. The molecule has 0 amide bonds. The molecule has 0 radical (unpaired) electrons. The molecule has 2 rings (SSSR count).